The molecule has 4 heterocycles. The maximum Gasteiger partial charge on any atom is 0.407 e. The molecule has 0 aliphatic carbocycles. The summed E-state index contributed by atoms with van der Waals surface area (Å²) in [6, 6.07) is 1.04. The van der Waals surface area contributed by atoms with E-state index in [0.29, 0.717) is 41.5 Å². The number of thiazole rings is 1. The van der Waals surface area contributed by atoms with Crippen molar-refractivity contribution in [2.75, 3.05) is 25.0 Å². The van der Waals surface area contributed by atoms with Crippen LogP contribution in [0.3, 0.4) is 0 Å². The quantitative estimate of drug-likeness (QED) is 0.460. The maximum absolute atomic E-state index is 13.5. The lowest BCUT2D eigenvalue weighted by Crippen LogP contribution is -2.38. The van der Waals surface area contributed by atoms with E-state index in [9.17, 15) is 14.0 Å². The third-order valence-corrected chi connectivity index (χ3v) is 6.84. The molecule has 0 aromatic carbocycles. The lowest BCUT2D eigenvalue weighted by molar-refractivity contribution is 0.0945. The molecule has 0 radical (unpaired) electrons. The van der Waals surface area contributed by atoms with Crippen LogP contribution in [0.5, 0.6) is 0 Å². The second-order valence-electron chi connectivity index (χ2n) is 8.34. The number of fused-ring (bicyclic) bond motifs is 1. The predicted molar refractivity (Wildman–Crippen MR) is 125 cm³/mol. The molecule has 1 atom stereocenters. The fourth-order valence-corrected chi connectivity index (χ4v) is 4.82. The zero-order valence-corrected chi connectivity index (χ0v) is 19.7. The minimum atomic E-state index is -0.883. The molecule has 1 unspecified atom stereocenters. The first-order valence-corrected chi connectivity index (χ1v) is 11.9. The van der Waals surface area contributed by atoms with Gasteiger partial charge < -0.3 is 20.6 Å². The van der Waals surface area contributed by atoms with Gasteiger partial charge in [0.25, 0.3) is 5.91 Å². The molecular formula is C22H26FN7O3S. The normalized spacial score (nSPS) is 15.3. The number of aryl methyl sites for hydroxylation is 1. The van der Waals surface area contributed by atoms with Crippen LogP contribution in [-0.2, 0) is 0 Å². The summed E-state index contributed by atoms with van der Waals surface area (Å²) in [5.41, 5.74) is 1.29. The van der Waals surface area contributed by atoms with Crippen molar-refractivity contribution in [2.45, 2.75) is 39.2 Å². The number of carbonyl (C=O) groups excluding carboxylic acids is 1. The predicted octanol–water partition coefficient (Wildman–Crippen LogP) is 3.61. The van der Waals surface area contributed by atoms with E-state index in [1.54, 1.807) is 6.20 Å². The number of halogens is 1. The molecule has 1 aliphatic rings. The SMILES string of the molecule is Cc1nc2nc(NC(C)c3cncc(F)c3)nc(C(=O)NCCC3CCN(C(=O)O)CC3)c2s1. The Bertz CT molecular complexity index is 1200. The molecule has 3 aromatic rings. The summed E-state index contributed by atoms with van der Waals surface area (Å²) in [6.45, 7) is 5.18. The van der Waals surface area contributed by atoms with Gasteiger partial charge in [-0.25, -0.2) is 19.2 Å². The van der Waals surface area contributed by atoms with Crippen molar-refractivity contribution >= 4 is 39.6 Å². The number of nitrogens with zero attached hydrogens (tertiary/aromatic N) is 5. The number of aromatic nitrogens is 4. The number of amides is 2. The molecule has 34 heavy (non-hydrogen) atoms. The van der Waals surface area contributed by atoms with Gasteiger partial charge in [0.15, 0.2) is 11.3 Å². The van der Waals surface area contributed by atoms with Gasteiger partial charge in [0.05, 0.1) is 17.2 Å². The number of hydrogen-bond acceptors (Lipinski definition) is 8. The summed E-state index contributed by atoms with van der Waals surface area (Å²) in [5.74, 6) is -0.167. The van der Waals surface area contributed by atoms with Crippen LogP contribution in [0, 0.1) is 18.7 Å². The average molecular weight is 488 g/mol. The molecule has 10 nitrogen and oxygen atoms in total. The molecule has 3 N–H and O–H groups in total. The number of likely N-dealkylation sites (tertiary alicyclic amines) is 1. The molecule has 1 fully saturated rings. The van der Waals surface area contributed by atoms with Crippen molar-refractivity contribution in [3.8, 4) is 0 Å². The smallest absolute Gasteiger partial charge is 0.407 e. The summed E-state index contributed by atoms with van der Waals surface area (Å²) >= 11 is 1.35. The third kappa shape index (κ3) is 5.56. The first-order chi connectivity index (χ1) is 16.3. The van der Waals surface area contributed by atoms with Crippen LogP contribution >= 0.6 is 11.3 Å². The number of anilines is 1. The lowest BCUT2D eigenvalue weighted by Gasteiger charge is -2.29. The van der Waals surface area contributed by atoms with Gasteiger partial charge in [-0.05, 0) is 50.7 Å². The summed E-state index contributed by atoms with van der Waals surface area (Å²) in [6.07, 6.45) is 4.15. The highest BCUT2D eigenvalue weighted by molar-refractivity contribution is 7.18. The number of nitrogens with one attached hydrogen (secondary N) is 2. The summed E-state index contributed by atoms with van der Waals surface area (Å²) < 4.78 is 14.1. The molecule has 180 valence electrons. The van der Waals surface area contributed by atoms with Crippen molar-refractivity contribution in [3.05, 3.63) is 40.5 Å². The number of piperidine rings is 1. The van der Waals surface area contributed by atoms with Gasteiger partial charge in [0.1, 0.15) is 10.5 Å². The van der Waals surface area contributed by atoms with Crippen LogP contribution in [0.25, 0.3) is 10.3 Å². The Morgan fingerprint density at radius 2 is 2.03 bits per heavy atom. The molecular weight excluding hydrogens is 461 g/mol. The second-order valence-corrected chi connectivity index (χ2v) is 9.54. The monoisotopic (exact) mass is 487 g/mol. The van der Waals surface area contributed by atoms with E-state index < -0.39 is 11.9 Å². The number of rotatable bonds is 7. The number of carboxylic acid groups (broad SMARTS) is 1. The standard InChI is InChI=1S/C22H26FN7O3S/c1-12(15-9-16(23)11-24-10-15)26-21-28-17(18-19(29-21)27-13(2)34-18)20(31)25-6-3-14-4-7-30(8-5-14)22(32)33/h9-12,14H,3-8H2,1-2H3,(H,25,31)(H,32,33)(H,26,28,29). The Kier molecular flexibility index (Phi) is 7.15. The van der Waals surface area contributed by atoms with Gasteiger partial charge in [-0.3, -0.25) is 9.78 Å². The van der Waals surface area contributed by atoms with Gasteiger partial charge in [-0.1, -0.05) is 0 Å². The zero-order valence-electron chi connectivity index (χ0n) is 18.9. The largest absolute Gasteiger partial charge is 0.465 e. The highest BCUT2D eigenvalue weighted by Crippen LogP contribution is 2.26. The summed E-state index contributed by atoms with van der Waals surface area (Å²) in [4.78, 5) is 42.6. The van der Waals surface area contributed by atoms with Gasteiger partial charge in [-0.2, -0.15) is 4.98 Å². The van der Waals surface area contributed by atoms with Crippen molar-refractivity contribution in [2.24, 2.45) is 5.92 Å². The Morgan fingerprint density at radius 3 is 2.74 bits per heavy atom. The zero-order chi connectivity index (χ0) is 24.2. The molecule has 12 heteroatoms. The Morgan fingerprint density at radius 1 is 1.26 bits per heavy atom. The van der Waals surface area contributed by atoms with Crippen molar-refractivity contribution in [1.29, 1.82) is 0 Å². The molecule has 0 bridgehead atoms. The molecule has 0 spiro atoms. The van der Waals surface area contributed by atoms with Gasteiger partial charge in [0, 0.05) is 25.8 Å². The van der Waals surface area contributed by atoms with Crippen molar-refractivity contribution < 1.29 is 19.1 Å². The van der Waals surface area contributed by atoms with E-state index in [1.165, 1.54) is 22.3 Å². The minimum absolute atomic E-state index is 0.223. The molecule has 3 aromatic heterocycles. The fourth-order valence-electron chi connectivity index (χ4n) is 3.98. The van der Waals surface area contributed by atoms with Crippen molar-refractivity contribution in [3.63, 3.8) is 0 Å². The van der Waals surface area contributed by atoms with Crippen LogP contribution in [0.2, 0.25) is 0 Å². The molecule has 4 rings (SSSR count). The van der Waals surface area contributed by atoms with E-state index in [4.69, 9.17) is 5.11 Å². The highest BCUT2D eigenvalue weighted by Gasteiger charge is 2.23. The Hall–Kier alpha value is -3.41. The van der Waals surface area contributed by atoms with Gasteiger partial charge in [-0.15, -0.1) is 11.3 Å². The van der Waals surface area contributed by atoms with E-state index in [2.05, 4.69) is 30.6 Å². The van der Waals surface area contributed by atoms with Crippen LogP contribution in [0.15, 0.2) is 18.5 Å². The topological polar surface area (TPSA) is 133 Å². The number of pyridine rings is 1. The first kappa shape index (κ1) is 23.7. The van der Waals surface area contributed by atoms with E-state index in [-0.39, 0.29) is 23.6 Å². The van der Waals surface area contributed by atoms with Gasteiger partial charge in [0.2, 0.25) is 5.95 Å². The van der Waals surface area contributed by atoms with Crippen molar-refractivity contribution in [1.82, 2.24) is 30.2 Å². The Labute approximate surface area is 199 Å². The highest BCUT2D eigenvalue weighted by atomic mass is 32.1. The van der Waals surface area contributed by atoms with Crippen LogP contribution in [-0.4, -0.2) is 61.6 Å². The van der Waals surface area contributed by atoms with E-state index in [1.807, 2.05) is 13.8 Å². The lowest BCUT2D eigenvalue weighted by atomic mass is 9.94. The van der Waals surface area contributed by atoms with Crippen LogP contribution in [0.4, 0.5) is 15.1 Å². The average Bonchev–Trinajstić information content (AvgIpc) is 3.18. The molecule has 1 saturated heterocycles. The summed E-state index contributed by atoms with van der Waals surface area (Å²) in [5, 5.41) is 15.9. The minimum Gasteiger partial charge on any atom is -0.465 e. The van der Waals surface area contributed by atoms with E-state index in [0.717, 1.165) is 30.5 Å². The van der Waals surface area contributed by atoms with Gasteiger partial charge >= 0.3 is 6.09 Å². The first-order valence-electron chi connectivity index (χ1n) is 11.1. The number of carbonyl (C=O) groups is 2. The summed E-state index contributed by atoms with van der Waals surface area (Å²) in [7, 11) is 0. The third-order valence-electron chi connectivity index (χ3n) is 5.87. The second kappa shape index (κ2) is 10.2. The molecule has 2 amide bonds. The van der Waals surface area contributed by atoms with Crippen LogP contribution in [0.1, 0.15) is 53.3 Å². The Balaban J connectivity index is 1.43. The molecule has 1 aliphatic heterocycles. The molecule has 0 saturated carbocycles. The van der Waals surface area contributed by atoms with Crippen LogP contribution < -0.4 is 10.6 Å². The fraction of sp³-hybridized carbons (Fsp3) is 0.455. The number of hydrogen-bond donors (Lipinski definition) is 3. The van der Waals surface area contributed by atoms with E-state index >= 15 is 0 Å². The maximum atomic E-state index is 13.5.